The first-order chi connectivity index (χ1) is 5.60. The van der Waals surface area contributed by atoms with E-state index in [0.717, 1.165) is 0 Å². The van der Waals surface area contributed by atoms with Gasteiger partial charge >= 0.3 is 6.16 Å². The standard InChI is InChI=1S/C8H16O4/c1-5-7(11-6(2)3)12-8(9)10-4/h6-7H,5H2,1-4H3. The molecule has 0 saturated heterocycles. The number of rotatable bonds is 4. The van der Waals surface area contributed by atoms with Crippen LogP contribution in [0.4, 0.5) is 4.79 Å². The van der Waals surface area contributed by atoms with Crippen molar-refractivity contribution in [2.75, 3.05) is 7.11 Å². The number of ether oxygens (including phenoxy) is 3. The van der Waals surface area contributed by atoms with Gasteiger partial charge in [-0.15, -0.1) is 0 Å². The smallest absolute Gasteiger partial charge is 0.438 e. The topological polar surface area (TPSA) is 44.8 Å². The first-order valence-corrected chi connectivity index (χ1v) is 4.00. The molecule has 0 fully saturated rings. The van der Waals surface area contributed by atoms with Gasteiger partial charge in [0.25, 0.3) is 0 Å². The van der Waals surface area contributed by atoms with Crippen LogP contribution in [0.1, 0.15) is 27.2 Å². The van der Waals surface area contributed by atoms with Gasteiger partial charge in [0.15, 0.2) is 0 Å². The molecular formula is C8H16O4. The summed E-state index contributed by atoms with van der Waals surface area (Å²) >= 11 is 0. The Morgan fingerprint density at radius 2 is 2.00 bits per heavy atom. The monoisotopic (exact) mass is 176 g/mol. The Balaban J connectivity index is 3.74. The van der Waals surface area contributed by atoms with Gasteiger partial charge in [-0.25, -0.2) is 4.79 Å². The van der Waals surface area contributed by atoms with Gasteiger partial charge in [0.2, 0.25) is 6.29 Å². The second-order valence-corrected chi connectivity index (χ2v) is 2.59. The zero-order chi connectivity index (χ0) is 9.56. The molecule has 4 heteroatoms. The maximum absolute atomic E-state index is 10.6. The first-order valence-electron chi connectivity index (χ1n) is 4.00. The highest BCUT2D eigenvalue weighted by Crippen LogP contribution is 2.04. The lowest BCUT2D eigenvalue weighted by Crippen LogP contribution is -2.23. The number of carbonyl (C=O) groups is 1. The van der Waals surface area contributed by atoms with Gasteiger partial charge in [-0.05, 0) is 13.8 Å². The van der Waals surface area contributed by atoms with E-state index >= 15 is 0 Å². The summed E-state index contributed by atoms with van der Waals surface area (Å²) in [5, 5.41) is 0. The lowest BCUT2D eigenvalue weighted by atomic mass is 10.4. The molecule has 0 aliphatic heterocycles. The lowest BCUT2D eigenvalue weighted by molar-refractivity contribution is -0.141. The summed E-state index contributed by atoms with van der Waals surface area (Å²) in [6.45, 7) is 5.63. The van der Waals surface area contributed by atoms with Crippen molar-refractivity contribution in [3.05, 3.63) is 0 Å². The maximum atomic E-state index is 10.6. The van der Waals surface area contributed by atoms with Gasteiger partial charge in [0.1, 0.15) is 0 Å². The SMILES string of the molecule is CCC(OC(=O)OC)OC(C)C. The summed E-state index contributed by atoms with van der Waals surface area (Å²) in [6.07, 6.45) is -0.549. The molecule has 0 aliphatic rings. The zero-order valence-electron chi connectivity index (χ0n) is 7.99. The highest BCUT2D eigenvalue weighted by atomic mass is 16.8. The quantitative estimate of drug-likeness (QED) is 0.485. The number of methoxy groups -OCH3 is 1. The molecule has 0 amide bonds. The van der Waals surface area contributed by atoms with E-state index < -0.39 is 12.4 Å². The van der Waals surface area contributed by atoms with E-state index in [4.69, 9.17) is 9.47 Å². The molecule has 0 bridgehead atoms. The molecule has 1 unspecified atom stereocenters. The predicted octanol–water partition coefficient (Wildman–Crippen LogP) is 1.93. The molecule has 0 rings (SSSR count). The third-order valence-electron chi connectivity index (χ3n) is 1.15. The maximum Gasteiger partial charge on any atom is 0.510 e. The van der Waals surface area contributed by atoms with Crippen LogP contribution in [-0.2, 0) is 14.2 Å². The molecule has 0 aromatic carbocycles. The average molecular weight is 176 g/mol. The number of carbonyl (C=O) groups excluding carboxylic acids is 1. The van der Waals surface area contributed by atoms with Gasteiger partial charge in [-0.1, -0.05) is 6.92 Å². The minimum absolute atomic E-state index is 0.0413. The Labute approximate surface area is 72.8 Å². The van der Waals surface area contributed by atoms with Crippen molar-refractivity contribution in [2.24, 2.45) is 0 Å². The van der Waals surface area contributed by atoms with Gasteiger partial charge in [0.05, 0.1) is 13.2 Å². The van der Waals surface area contributed by atoms with Crippen LogP contribution in [-0.4, -0.2) is 25.7 Å². The summed E-state index contributed by atoms with van der Waals surface area (Å²) < 4.78 is 14.3. The van der Waals surface area contributed by atoms with Gasteiger partial charge in [-0.2, -0.15) is 0 Å². The van der Waals surface area contributed by atoms with Crippen LogP contribution in [0.25, 0.3) is 0 Å². The second kappa shape index (κ2) is 5.83. The molecular weight excluding hydrogens is 160 g/mol. The normalized spacial score (nSPS) is 12.8. The summed E-state index contributed by atoms with van der Waals surface area (Å²) in [5.41, 5.74) is 0. The van der Waals surface area contributed by atoms with E-state index in [0.29, 0.717) is 6.42 Å². The van der Waals surface area contributed by atoms with E-state index in [1.165, 1.54) is 7.11 Å². The van der Waals surface area contributed by atoms with Crippen molar-refractivity contribution in [2.45, 2.75) is 39.6 Å². The van der Waals surface area contributed by atoms with Crippen molar-refractivity contribution in [3.8, 4) is 0 Å². The molecule has 72 valence electrons. The van der Waals surface area contributed by atoms with Crippen LogP contribution in [0.15, 0.2) is 0 Å². The van der Waals surface area contributed by atoms with E-state index in [1.54, 1.807) is 0 Å². The summed E-state index contributed by atoms with van der Waals surface area (Å²) in [7, 11) is 1.27. The van der Waals surface area contributed by atoms with E-state index in [1.807, 2.05) is 20.8 Å². The molecule has 0 saturated carbocycles. The first kappa shape index (κ1) is 11.2. The number of hydrogen-bond acceptors (Lipinski definition) is 4. The molecule has 1 atom stereocenters. The molecule has 0 aromatic heterocycles. The Hall–Kier alpha value is -0.770. The van der Waals surface area contributed by atoms with Gasteiger partial charge in [0, 0.05) is 6.42 Å². The molecule has 0 N–H and O–H groups in total. The minimum atomic E-state index is -0.706. The fourth-order valence-electron chi connectivity index (χ4n) is 0.666. The highest BCUT2D eigenvalue weighted by Gasteiger charge is 2.13. The van der Waals surface area contributed by atoms with Crippen LogP contribution >= 0.6 is 0 Å². The molecule has 0 aliphatic carbocycles. The Kier molecular flexibility index (Phi) is 5.45. The van der Waals surface area contributed by atoms with Crippen molar-refractivity contribution < 1.29 is 19.0 Å². The van der Waals surface area contributed by atoms with Crippen LogP contribution in [0.2, 0.25) is 0 Å². The Morgan fingerprint density at radius 1 is 1.42 bits per heavy atom. The number of hydrogen-bond donors (Lipinski definition) is 0. The second-order valence-electron chi connectivity index (χ2n) is 2.59. The third kappa shape index (κ3) is 4.96. The summed E-state index contributed by atoms with van der Waals surface area (Å²) in [5.74, 6) is 0. The van der Waals surface area contributed by atoms with E-state index in [-0.39, 0.29) is 6.10 Å². The van der Waals surface area contributed by atoms with Crippen LogP contribution in [0, 0.1) is 0 Å². The molecule has 0 aromatic rings. The van der Waals surface area contributed by atoms with E-state index in [2.05, 4.69) is 4.74 Å². The van der Waals surface area contributed by atoms with Crippen molar-refractivity contribution in [1.29, 1.82) is 0 Å². The molecule has 4 nitrogen and oxygen atoms in total. The van der Waals surface area contributed by atoms with Gasteiger partial charge < -0.3 is 14.2 Å². The average Bonchev–Trinajstić information content (AvgIpc) is 2.02. The lowest BCUT2D eigenvalue weighted by Gasteiger charge is -2.17. The Bertz CT molecular complexity index is 133. The van der Waals surface area contributed by atoms with Crippen LogP contribution in [0.5, 0.6) is 0 Å². The largest absolute Gasteiger partial charge is 0.510 e. The van der Waals surface area contributed by atoms with Crippen LogP contribution in [0.3, 0.4) is 0 Å². The van der Waals surface area contributed by atoms with E-state index in [9.17, 15) is 4.79 Å². The van der Waals surface area contributed by atoms with Crippen LogP contribution < -0.4 is 0 Å². The molecule has 0 heterocycles. The Morgan fingerprint density at radius 3 is 2.33 bits per heavy atom. The van der Waals surface area contributed by atoms with Crippen molar-refractivity contribution >= 4 is 6.16 Å². The summed E-state index contributed by atoms with van der Waals surface area (Å²) in [6, 6.07) is 0. The predicted molar refractivity (Wildman–Crippen MR) is 43.8 cm³/mol. The summed E-state index contributed by atoms with van der Waals surface area (Å²) in [4.78, 5) is 10.6. The van der Waals surface area contributed by atoms with Gasteiger partial charge in [-0.3, -0.25) is 0 Å². The van der Waals surface area contributed by atoms with Crippen molar-refractivity contribution in [1.82, 2.24) is 0 Å². The fourth-order valence-corrected chi connectivity index (χ4v) is 0.666. The third-order valence-corrected chi connectivity index (χ3v) is 1.15. The highest BCUT2D eigenvalue weighted by molar-refractivity contribution is 5.59. The van der Waals surface area contributed by atoms with Crippen molar-refractivity contribution in [3.63, 3.8) is 0 Å². The molecule has 12 heavy (non-hydrogen) atoms. The molecule has 0 radical (unpaired) electrons. The minimum Gasteiger partial charge on any atom is -0.438 e. The fraction of sp³-hybridized carbons (Fsp3) is 0.875. The zero-order valence-corrected chi connectivity index (χ0v) is 7.99. The molecule has 0 spiro atoms.